The Bertz CT molecular complexity index is 1120. The predicted octanol–water partition coefficient (Wildman–Crippen LogP) is 4.15. The molecular formula is C21H22F2N6O3. The number of hydrogen-bond donors (Lipinski definition) is 2. The number of anilines is 3. The quantitative estimate of drug-likeness (QED) is 0.533. The van der Waals surface area contributed by atoms with Gasteiger partial charge in [0.15, 0.2) is 5.75 Å². The number of methoxy groups -OCH3 is 1. The second-order valence-corrected chi connectivity index (χ2v) is 6.77. The van der Waals surface area contributed by atoms with Crippen LogP contribution in [0.2, 0.25) is 0 Å². The molecule has 3 heterocycles. The molecule has 3 aromatic heterocycles. The fourth-order valence-electron chi connectivity index (χ4n) is 2.72. The van der Waals surface area contributed by atoms with Crippen molar-refractivity contribution in [3.8, 4) is 22.8 Å². The summed E-state index contributed by atoms with van der Waals surface area (Å²) in [6.07, 6.45) is 4.40. The van der Waals surface area contributed by atoms with E-state index in [4.69, 9.17) is 9.47 Å². The Hall–Kier alpha value is -3.89. The number of ether oxygens (including phenoxy) is 2. The summed E-state index contributed by atoms with van der Waals surface area (Å²) in [6, 6.07) is 4.65. The molecule has 0 unspecified atom stereocenters. The van der Waals surface area contributed by atoms with Crippen LogP contribution in [0, 0.1) is 0 Å². The zero-order valence-corrected chi connectivity index (χ0v) is 17.9. The van der Waals surface area contributed by atoms with Gasteiger partial charge in [-0.25, -0.2) is 15.0 Å². The minimum absolute atomic E-state index is 0.0928. The molecule has 3 rings (SSSR count). The average Bonchev–Trinajstić information content (AvgIpc) is 2.74. The average molecular weight is 444 g/mol. The molecule has 2 N–H and O–H groups in total. The second-order valence-electron chi connectivity index (χ2n) is 6.77. The van der Waals surface area contributed by atoms with Crippen LogP contribution in [0.1, 0.15) is 26.6 Å². The topological polar surface area (TPSA) is 111 Å². The molecule has 1 amide bonds. The summed E-state index contributed by atoms with van der Waals surface area (Å²) in [5.74, 6) is -3.11. The maximum Gasteiger partial charge on any atom is 0.303 e. The van der Waals surface area contributed by atoms with Gasteiger partial charge in [0, 0.05) is 37.7 Å². The minimum Gasteiger partial charge on any atom is -0.495 e. The van der Waals surface area contributed by atoms with Crippen molar-refractivity contribution in [3.63, 3.8) is 0 Å². The van der Waals surface area contributed by atoms with E-state index in [2.05, 4.69) is 30.6 Å². The minimum atomic E-state index is -3.29. The van der Waals surface area contributed by atoms with Crippen molar-refractivity contribution in [2.24, 2.45) is 0 Å². The molecule has 0 aliphatic heterocycles. The van der Waals surface area contributed by atoms with Crippen molar-refractivity contribution in [2.75, 3.05) is 24.4 Å². The van der Waals surface area contributed by atoms with Crippen molar-refractivity contribution in [1.29, 1.82) is 0 Å². The Morgan fingerprint density at radius 2 is 1.91 bits per heavy atom. The zero-order valence-electron chi connectivity index (χ0n) is 17.9. The van der Waals surface area contributed by atoms with Gasteiger partial charge < -0.3 is 20.1 Å². The molecule has 11 heteroatoms. The highest BCUT2D eigenvalue weighted by molar-refractivity contribution is 5.88. The van der Waals surface area contributed by atoms with Crippen molar-refractivity contribution in [1.82, 2.24) is 19.9 Å². The fourth-order valence-corrected chi connectivity index (χ4v) is 2.72. The normalized spacial score (nSPS) is 11.1. The van der Waals surface area contributed by atoms with E-state index in [0.29, 0.717) is 36.3 Å². The monoisotopic (exact) mass is 444 g/mol. The lowest BCUT2D eigenvalue weighted by atomic mass is 10.2. The summed E-state index contributed by atoms with van der Waals surface area (Å²) in [7, 11) is 1.48. The first kappa shape index (κ1) is 22.8. The van der Waals surface area contributed by atoms with Gasteiger partial charge in [-0.2, -0.15) is 8.78 Å². The van der Waals surface area contributed by atoms with Gasteiger partial charge in [0.2, 0.25) is 11.7 Å². The first-order chi connectivity index (χ1) is 15.2. The van der Waals surface area contributed by atoms with E-state index in [1.165, 1.54) is 44.8 Å². The molecule has 168 valence electrons. The van der Waals surface area contributed by atoms with Crippen molar-refractivity contribution < 1.29 is 23.0 Å². The largest absolute Gasteiger partial charge is 0.495 e. The van der Waals surface area contributed by atoms with Crippen LogP contribution in [-0.2, 0) is 10.7 Å². The number of carbonyl (C=O) groups is 1. The summed E-state index contributed by atoms with van der Waals surface area (Å²) in [5.41, 5.74) is 1.07. The van der Waals surface area contributed by atoms with E-state index in [-0.39, 0.29) is 23.2 Å². The number of rotatable bonds is 8. The van der Waals surface area contributed by atoms with Gasteiger partial charge in [-0.15, -0.1) is 0 Å². The smallest absolute Gasteiger partial charge is 0.303 e. The Morgan fingerprint density at radius 1 is 1.12 bits per heavy atom. The molecule has 3 aromatic rings. The van der Waals surface area contributed by atoms with E-state index < -0.39 is 11.7 Å². The SMILES string of the molecule is CCOc1cnc(NC(C)=O)cc1Nc1cc(-c2cncc(OC)c2)nc(C(C)(F)F)n1. The van der Waals surface area contributed by atoms with Gasteiger partial charge in [-0.3, -0.25) is 9.78 Å². The fraction of sp³-hybridized carbons (Fsp3) is 0.286. The van der Waals surface area contributed by atoms with Crippen LogP contribution in [0.15, 0.2) is 36.8 Å². The highest BCUT2D eigenvalue weighted by atomic mass is 19.3. The number of carbonyl (C=O) groups excluding carboxylic acids is 1. The molecule has 0 bridgehead atoms. The highest BCUT2D eigenvalue weighted by Gasteiger charge is 2.29. The first-order valence-corrected chi connectivity index (χ1v) is 9.64. The number of aromatic nitrogens is 4. The first-order valence-electron chi connectivity index (χ1n) is 9.64. The number of nitrogens with one attached hydrogen (secondary N) is 2. The highest BCUT2D eigenvalue weighted by Crippen LogP contribution is 2.33. The van der Waals surface area contributed by atoms with Crippen molar-refractivity contribution >= 4 is 23.2 Å². The summed E-state index contributed by atoms with van der Waals surface area (Å²) in [4.78, 5) is 27.5. The van der Waals surface area contributed by atoms with Crippen molar-refractivity contribution in [3.05, 3.63) is 42.6 Å². The van der Waals surface area contributed by atoms with Gasteiger partial charge in [0.25, 0.3) is 0 Å². The van der Waals surface area contributed by atoms with Gasteiger partial charge in [-0.05, 0) is 13.0 Å². The molecule has 0 aliphatic carbocycles. The van der Waals surface area contributed by atoms with Crippen LogP contribution in [0.3, 0.4) is 0 Å². The molecule has 0 fully saturated rings. The molecule has 0 saturated carbocycles. The van der Waals surface area contributed by atoms with Crippen LogP contribution in [0.5, 0.6) is 11.5 Å². The third-order valence-corrected chi connectivity index (χ3v) is 4.10. The second kappa shape index (κ2) is 9.50. The molecule has 9 nitrogen and oxygen atoms in total. The summed E-state index contributed by atoms with van der Waals surface area (Å²) >= 11 is 0. The van der Waals surface area contributed by atoms with Crippen molar-refractivity contribution in [2.45, 2.75) is 26.7 Å². The van der Waals surface area contributed by atoms with Crippen LogP contribution in [0.25, 0.3) is 11.3 Å². The Labute approximate surface area is 183 Å². The summed E-state index contributed by atoms with van der Waals surface area (Å²) in [6.45, 7) is 4.20. The van der Waals surface area contributed by atoms with E-state index in [1.807, 2.05) is 0 Å². The van der Waals surface area contributed by atoms with Gasteiger partial charge in [0.1, 0.15) is 17.4 Å². The van der Waals surface area contributed by atoms with E-state index in [1.54, 1.807) is 13.0 Å². The third kappa shape index (κ3) is 5.62. The molecule has 0 spiro atoms. The Balaban J connectivity index is 2.08. The van der Waals surface area contributed by atoms with Crippen LogP contribution in [-0.4, -0.2) is 39.6 Å². The number of halogens is 2. The van der Waals surface area contributed by atoms with Crippen LogP contribution < -0.4 is 20.1 Å². The maximum absolute atomic E-state index is 14.1. The van der Waals surface area contributed by atoms with E-state index in [9.17, 15) is 13.6 Å². The van der Waals surface area contributed by atoms with Gasteiger partial charge in [-0.1, -0.05) is 0 Å². The number of alkyl halides is 2. The summed E-state index contributed by atoms with van der Waals surface area (Å²) in [5, 5.41) is 5.54. The lowest BCUT2D eigenvalue weighted by Crippen LogP contribution is -2.14. The zero-order chi connectivity index (χ0) is 23.3. The molecule has 0 saturated heterocycles. The van der Waals surface area contributed by atoms with E-state index in [0.717, 1.165) is 0 Å². The molecule has 32 heavy (non-hydrogen) atoms. The number of amides is 1. The number of hydrogen-bond acceptors (Lipinski definition) is 8. The summed E-state index contributed by atoms with van der Waals surface area (Å²) < 4.78 is 39.0. The lowest BCUT2D eigenvalue weighted by Gasteiger charge is -2.16. The standard InChI is InChI=1S/C21H22F2N6O3/c1-5-32-17-11-25-18(26-12(2)30)8-16(17)27-19-7-15(28-20(29-19)21(3,22)23)13-6-14(31-4)10-24-9-13/h6-11H,5H2,1-4H3,(H2,25,26,27,28,29,30). The Kier molecular flexibility index (Phi) is 6.76. The van der Waals surface area contributed by atoms with Crippen LogP contribution in [0.4, 0.5) is 26.1 Å². The van der Waals surface area contributed by atoms with Gasteiger partial charge in [0.05, 0.1) is 37.5 Å². The molecular weight excluding hydrogens is 422 g/mol. The number of pyridine rings is 2. The van der Waals surface area contributed by atoms with Crippen LogP contribution >= 0.6 is 0 Å². The third-order valence-electron chi connectivity index (χ3n) is 4.10. The maximum atomic E-state index is 14.1. The van der Waals surface area contributed by atoms with E-state index >= 15 is 0 Å². The molecule has 0 aromatic carbocycles. The molecule has 0 aliphatic rings. The Morgan fingerprint density at radius 3 is 2.56 bits per heavy atom. The molecule has 0 atom stereocenters. The van der Waals surface area contributed by atoms with Gasteiger partial charge >= 0.3 is 5.92 Å². The molecule has 0 radical (unpaired) electrons. The number of nitrogens with zero attached hydrogens (tertiary/aromatic N) is 4. The predicted molar refractivity (Wildman–Crippen MR) is 114 cm³/mol. The lowest BCUT2D eigenvalue weighted by molar-refractivity contribution is -0.114.